The van der Waals surface area contributed by atoms with Gasteiger partial charge in [-0.1, -0.05) is 19.7 Å². The number of nitrogens with zero attached hydrogens (tertiary/aromatic N) is 1. The molecule has 0 aliphatic rings. The summed E-state index contributed by atoms with van der Waals surface area (Å²) in [6.07, 6.45) is 5.58. The van der Waals surface area contributed by atoms with Crippen LogP contribution in [-0.2, 0) is 14.4 Å². The molecule has 0 unspecified atom stereocenters. The maximum Gasteiger partial charge on any atom is 0.246 e. The van der Waals surface area contributed by atoms with Gasteiger partial charge < -0.3 is 10.2 Å². The summed E-state index contributed by atoms with van der Waals surface area (Å²) in [5, 5.41) is 2.61. The first kappa shape index (κ1) is 17.8. The number of amides is 2. The normalized spacial score (nSPS) is 9.40. The topological polar surface area (TPSA) is 66.5 Å². The molecule has 0 aliphatic heterocycles. The molecular weight excluding hydrogens is 256 g/mol. The monoisotopic (exact) mass is 278 g/mol. The molecule has 5 nitrogen and oxygen atoms in total. The third kappa shape index (κ3) is 8.02. The summed E-state index contributed by atoms with van der Waals surface area (Å²) < 4.78 is 0. The Bertz CT molecular complexity index is 389. The molecule has 1 N–H and O–H groups in total. The number of unbranched alkanes of at least 4 members (excludes halogenated alkanes) is 1. The Morgan fingerprint density at radius 2 is 1.65 bits per heavy atom. The van der Waals surface area contributed by atoms with Crippen molar-refractivity contribution in [3.05, 3.63) is 38.0 Å². The zero-order valence-corrected chi connectivity index (χ0v) is 11.8. The van der Waals surface area contributed by atoms with Crippen LogP contribution in [-0.4, -0.2) is 42.1 Å². The molecule has 0 fully saturated rings. The number of rotatable bonds is 11. The van der Waals surface area contributed by atoms with Crippen LogP contribution in [0.15, 0.2) is 38.0 Å². The van der Waals surface area contributed by atoms with Gasteiger partial charge in [0.15, 0.2) is 5.78 Å². The van der Waals surface area contributed by atoms with Gasteiger partial charge in [0.1, 0.15) is 0 Å². The molecule has 0 rings (SSSR count). The lowest BCUT2D eigenvalue weighted by Crippen LogP contribution is -2.38. The van der Waals surface area contributed by atoms with E-state index < -0.39 is 0 Å². The van der Waals surface area contributed by atoms with Crippen LogP contribution in [0.25, 0.3) is 0 Å². The Balaban J connectivity index is 4.08. The van der Waals surface area contributed by atoms with Crippen molar-refractivity contribution in [3.63, 3.8) is 0 Å². The average molecular weight is 278 g/mol. The molecule has 0 saturated heterocycles. The number of carbonyl (C=O) groups is 3. The van der Waals surface area contributed by atoms with Crippen molar-refractivity contribution >= 4 is 17.6 Å². The van der Waals surface area contributed by atoms with E-state index in [9.17, 15) is 14.4 Å². The van der Waals surface area contributed by atoms with E-state index in [0.29, 0.717) is 38.9 Å². The van der Waals surface area contributed by atoms with E-state index >= 15 is 0 Å². The third-order valence-electron chi connectivity index (χ3n) is 2.68. The molecule has 110 valence electrons. The van der Waals surface area contributed by atoms with E-state index in [1.165, 1.54) is 18.2 Å². The summed E-state index contributed by atoms with van der Waals surface area (Å²) in [7, 11) is 0. The zero-order valence-electron chi connectivity index (χ0n) is 11.8. The molecule has 0 bridgehead atoms. The molecule has 0 aromatic rings. The minimum Gasteiger partial charge on any atom is -0.351 e. The predicted octanol–water partition coefficient (Wildman–Crippen LogP) is 1.23. The van der Waals surface area contributed by atoms with E-state index in [-0.39, 0.29) is 17.6 Å². The van der Waals surface area contributed by atoms with Crippen LogP contribution in [0.4, 0.5) is 0 Å². The molecule has 0 heterocycles. The minimum atomic E-state index is -0.271. The Morgan fingerprint density at radius 3 is 2.20 bits per heavy atom. The van der Waals surface area contributed by atoms with Gasteiger partial charge in [0.25, 0.3) is 0 Å². The molecule has 0 spiro atoms. The lowest BCUT2D eigenvalue weighted by Gasteiger charge is -2.21. The lowest BCUT2D eigenvalue weighted by atomic mass is 10.1. The first-order chi connectivity index (χ1) is 9.54. The molecule has 0 aromatic carbocycles. The number of ketones is 1. The number of hydrogen-bond donors (Lipinski definition) is 1. The standard InChI is InChI=1S/C15H22N2O3/c1-4-13(18)9-7-8-11-17(15(20)6-3)12-10-16-14(19)5-2/h4-6H,1-3,7-12H2,(H,16,19). The van der Waals surface area contributed by atoms with Gasteiger partial charge in [-0.3, -0.25) is 14.4 Å². The molecule has 0 atom stereocenters. The van der Waals surface area contributed by atoms with Gasteiger partial charge in [-0.15, -0.1) is 0 Å². The fraction of sp³-hybridized carbons (Fsp3) is 0.400. The Morgan fingerprint density at radius 1 is 0.950 bits per heavy atom. The van der Waals surface area contributed by atoms with Crippen LogP contribution >= 0.6 is 0 Å². The fourth-order valence-corrected chi connectivity index (χ4v) is 1.55. The Kier molecular flexibility index (Phi) is 9.56. The van der Waals surface area contributed by atoms with Crippen molar-refractivity contribution in [2.24, 2.45) is 0 Å². The fourth-order valence-electron chi connectivity index (χ4n) is 1.55. The number of allylic oxidation sites excluding steroid dienone is 1. The highest BCUT2D eigenvalue weighted by Gasteiger charge is 2.10. The summed E-state index contributed by atoms with van der Waals surface area (Å²) in [6.45, 7) is 11.5. The van der Waals surface area contributed by atoms with Gasteiger partial charge in [0, 0.05) is 26.1 Å². The maximum absolute atomic E-state index is 11.6. The molecule has 5 heteroatoms. The van der Waals surface area contributed by atoms with Gasteiger partial charge in [-0.25, -0.2) is 0 Å². The molecular formula is C15H22N2O3. The van der Waals surface area contributed by atoms with Crippen LogP contribution < -0.4 is 5.32 Å². The van der Waals surface area contributed by atoms with Crippen molar-refractivity contribution < 1.29 is 14.4 Å². The smallest absolute Gasteiger partial charge is 0.246 e. The first-order valence-corrected chi connectivity index (χ1v) is 6.52. The third-order valence-corrected chi connectivity index (χ3v) is 2.68. The maximum atomic E-state index is 11.6. The average Bonchev–Trinajstić information content (AvgIpc) is 2.47. The van der Waals surface area contributed by atoms with E-state index in [2.05, 4.69) is 25.1 Å². The second kappa shape index (κ2) is 10.7. The molecule has 0 aromatic heterocycles. The minimum absolute atomic E-state index is 0.00448. The largest absolute Gasteiger partial charge is 0.351 e. The van der Waals surface area contributed by atoms with E-state index in [0.717, 1.165) is 0 Å². The van der Waals surface area contributed by atoms with Crippen LogP contribution in [0, 0.1) is 0 Å². The van der Waals surface area contributed by atoms with Gasteiger partial charge in [0.2, 0.25) is 11.8 Å². The SMILES string of the molecule is C=CC(=O)CCCCN(CCNC(=O)C=C)C(=O)C=C. The van der Waals surface area contributed by atoms with Gasteiger partial charge in [0.05, 0.1) is 0 Å². The first-order valence-electron chi connectivity index (χ1n) is 6.52. The van der Waals surface area contributed by atoms with Gasteiger partial charge in [-0.05, 0) is 31.1 Å². The summed E-state index contributed by atoms with van der Waals surface area (Å²) >= 11 is 0. The predicted molar refractivity (Wildman–Crippen MR) is 79.0 cm³/mol. The van der Waals surface area contributed by atoms with Crippen molar-refractivity contribution in [2.75, 3.05) is 19.6 Å². The van der Waals surface area contributed by atoms with Gasteiger partial charge in [-0.2, -0.15) is 0 Å². The highest BCUT2D eigenvalue weighted by atomic mass is 16.2. The number of hydrogen-bond acceptors (Lipinski definition) is 3. The lowest BCUT2D eigenvalue weighted by molar-refractivity contribution is -0.126. The number of nitrogens with one attached hydrogen (secondary N) is 1. The Hall–Kier alpha value is -2.17. The molecule has 20 heavy (non-hydrogen) atoms. The van der Waals surface area contributed by atoms with Gasteiger partial charge >= 0.3 is 0 Å². The van der Waals surface area contributed by atoms with E-state index in [1.807, 2.05) is 0 Å². The summed E-state index contributed by atoms with van der Waals surface area (Å²) in [5.41, 5.74) is 0. The second-order valence-corrected chi connectivity index (χ2v) is 4.15. The Labute approximate surface area is 120 Å². The van der Waals surface area contributed by atoms with Crippen LogP contribution in [0.1, 0.15) is 19.3 Å². The van der Waals surface area contributed by atoms with Crippen LogP contribution in [0.2, 0.25) is 0 Å². The molecule has 0 aliphatic carbocycles. The second-order valence-electron chi connectivity index (χ2n) is 4.15. The van der Waals surface area contributed by atoms with Crippen molar-refractivity contribution in [2.45, 2.75) is 19.3 Å². The van der Waals surface area contributed by atoms with E-state index in [1.54, 1.807) is 4.90 Å². The molecule has 0 radical (unpaired) electrons. The molecule has 0 saturated carbocycles. The van der Waals surface area contributed by atoms with Crippen molar-refractivity contribution in [1.82, 2.24) is 10.2 Å². The quantitative estimate of drug-likeness (QED) is 0.456. The van der Waals surface area contributed by atoms with Crippen LogP contribution in [0.5, 0.6) is 0 Å². The zero-order chi connectivity index (χ0) is 15.4. The highest BCUT2D eigenvalue weighted by molar-refractivity contribution is 5.89. The molecule has 2 amide bonds. The summed E-state index contributed by atoms with van der Waals surface area (Å²) in [4.78, 5) is 35.3. The van der Waals surface area contributed by atoms with Crippen molar-refractivity contribution in [3.8, 4) is 0 Å². The summed E-state index contributed by atoms with van der Waals surface area (Å²) in [6, 6.07) is 0. The highest BCUT2D eigenvalue weighted by Crippen LogP contribution is 2.01. The van der Waals surface area contributed by atoms with Crippen molar-refractivity contribution in [1.29, 1.82) is 0 Å². The number of carbonyl (C=O) groups excluding carboxylic acids is 3. The van der Waals surface area contributed by atoms with E-state index in [4.69, 9.17) is 0 Å². The summed E-state index contributed by atoms with van der Waals surface area (Å²) in [5.74, 6) is -0.453. The van der Waals surface area contributed by atoms with Crippen LogP contribution in [0.3, 0.4) is 0 Å².